The number of ether oxygens (including phenoxy) is 3. The summed E-state index contributed by atoms with van der Waals surface area (Å²) in [5, 5.41) is 4.69. The van der Waals surface area contributed by atoms with Crippen LogP contribution in [0.2, 0.25) is 0 Å². The largest absolute Gasteiger partial charge is 0.457 e. The third kappa shape index (κ3) is 2.95. The average molecular weight is 328 g/mol. The van der Waals surface area contributed by atoms with E-state index in [1.54, 1.807) is 0 Å². The highest BCUT2D eigenvalue weighted by Crippen LogP contribution is 2.28. The Labute approximate surface area is 140 Å². The van der Waals surface area contributed by atoms with Gasteiger partial charge >= 0.3 is 5.97 Å². The van der Waals surface area contributed by atoms with Crippen LogP contribution in [0.25, 0.3) is 5.69 Å². The Hall–Kier alpha value is -2.18. The molecule has 2 aliphatic rings. The lowest BCUT2D eigenvalue weighted by Crippen LogP contribution is -2.36. The van der Waals surface area contributed by atoms with Crippen LogP contribution in [0, 0.1) is 0 Å². The van der Waals surface area contributed by atoms with E-state index in [2.05, 4.69) is 5.10 Å². The van der Waals surface area contributed by atoms with Gasteiger partial charge in [-0.2, -0.15) is 5.10 Å². The molecule has 0 amide bonds. The number of hydrogen-bond acceptors (Lipinski definition) is 5. The van der Waals surface area contributed by atoms with Crippen molar-refractivity contribution in [3.63, 3.8) is 0 Å². The summed E-state index contributed by atoms with van der Waals surface area (Å²) in [5.74, 6) is -0.379. The first-order valence-electron chi connectivity index (χ1n) is 8.34. The number of carbonyl (C=O) groups is 1. The van der Waals surface area contributed by atoms with Crippen LogP contribution in [-0.4, -0.2) is 41.7 Å². The maximum atomic E-state index is 12.1. The first-order valence-corrected chi connectivity index (χ1v) is 8.34. The summed E-state index contributed by atoms with van der Waals surface area (Å²) < 4.78 is 18.0. The van der Waals surface area contributed by atoms with E-state index < -0.39 is 6.10 Å². The van der Waals surface area contributed by atoms with Gasteiger partial charge in [0.15, 0.2) is 6.10 Å². The molecule has 1 aliphatic carbocycles. The van der Waals surface area contributed by atoms with Gasteiger partial charge < -0.3 is 14.2 Å². The summed E-state index contributed by atoms with van der Waals surface area (Å²) in [6, 6.07) is 10.1. The maximum Gasteiger partial charge on any atom is 0.338 e. The standard InChI is InChI=1S/C18H20N2O4/c21-18(17-12-22-9-10-23-17)24-11-15-14-7-4-8-16(14)20(19-15)13-5-2-1-3-6-13/h1-3,5-6,17H,4,7-12H2/t17-/m1/s1. The van der Waals surface area contributed by atoms with Gasteiger partial charge in [0, 0.05) is 11.3 Å². The van der Waals surface area contributed by atoms with Crippen LogP contribution in [0.1, 0.15) is 23.4 Å². The number of nitrogens with zero attached hydrogens (tertiary/aromatic N) is 2. The summed E-state index contributed by atoms with van der Waals surface area (Å²) in [7, 11) is 0. The van der Waals surface area contributed by atoms with Crippen LogP contribution < -0.4 is 0 Å². The Balaban J connectivity index is 1.51. The molecule has 6 nitrogen and oxygen atoms in total. The van der Waals surface area contributed by atoms with Crippen molar-refractivity contribution in [3.05, 3.63) is 47.3 Å². The summed E-state index contributed by atoms with van der Waals surface area (Å²) in [4.78, 5) is 12.1. The number of esters is 1. The van der Waals surface area contributed by atoms with Gasteiger partial charge in [-0.1, -0.05) is 18.2 Å². The number of aromatic nitrogens is 2. The smallest absolute Gasteiger partial charge is 0.338 e. The number of carbonyl (C=O) groups excluding carboxylic acids is 1. The second-order valence-corrected chi connectivity index (χ2v) is 6.01. The van der Waals surface area contributed by atoms with Crippen LogP contribution in [0.3, 0.4) is 0 Å². The normalized spacial score (nSPS) is 19.9. The topological polar surface area (TPSA) is 62.6 Å². The molecule has 1 aromatic heterocycles. The third-order valence-corrected chi connectivity index (χ3v) is 4.44. The van der Waals surface area contributed by atoms with E-state index in [1.165, 1.54) is 11.3 Å². The Kier molecular flexibility index (Phi) is 4.32. The van der Waals surface area contributed by atoms with E-state index in [1.807, 2.05) is 35.0 Å². The van der Waals surface area contributed by atoms with Gasteiger partial charge in [0.1, 0.15) is 12.3 Å². The van der Waals surface area contributed by atoms with Crippen molar-refractivity contribution in [3.8, 4) is 5.69 Å². The lowest BCUT2D eigenvalue weighted by molar-refractivity contribution is -0.172. The summed E-state index contributed by atoms with van der Waals surface area (Å²) in [6.07, 6.45) is 2.48. The monoisotopic (exact) mass is 328 g/mol. The predicted molar refractivity (Wildman–Crippen MR) is 85.9 cm³/mol. The fourth-order valence-electron chi connectivity index (χ4n) is 3.27. The molecule has 4 rings (SSSR count). The van der Waals surface area contributed by atoms with Crippen molar-refractivity contribution in [2.75, 3.05) is 19.8 Å². The van der Waals surface area contributed by atoms with Crippen molar-refractivity contribution in [2.45, 2.75) is 32.0 Å². The second kappa shape index (κ2) is 6.75. The van der Waals surface area contributed by atoms with Crippen LogP contribution in [0.5, 0.6) is 0 Å². The molecule has 0 unspecified atom stereocenters. The molecule has 126 valence electrons. The predicted octanol–water partition coefficient (Wildman–Crippen LogP) is 1.82. The van der Waals surface area contributed by atoms with Crippen molar-refractivity contribution in [1.29, 1.82) is 0 Å². The number of fused-ring (bicyclic) bond motifs is 1. The molecule has 0 N–H and O–H groups in total. The molecule has 0 spiro atoms. The molecule has 0 saturated carbocycles. The van der Waals surface area contributed by atoms with E-state index >= 15 is 0 Å². The van der Waals surface area contributed by atoms with Gasteiger partial charge in [0.2, 0.25) is 0 Å². The molecule has 1 saturated heterocycles. The summed E-state index contributed by atoms with van der Waals surface area (Å²) >= 11 is 0. The Morgan fingerprint density at radius 3 is 2.92 bits per heavy atom. The first-order chi connectivity index (χ1) is 11.8. The lowest BCUT2D eigenvalue weighted by Gasteiger charge is -2.21. The van der Waals surface area contributed by atoms with Crippen molar-refractivity contribution < 1.29 is 19.0 Å². The van der Waals surface area contributed by atoms with Gasteiger partial charge in [-0.15, -0.1) is 0 Å². The first kappa shape index (κ1) is 15.4. The molecule has 1 aliphatic heterocycles. The lowest BCUT2D eigenvalue weighted by atomic mass is 10.2. The minimum Gasteiger partial charge on any atom is -0.457 e. The minimum atomic E-state index is -0.622. The molecule has 0 bridgehead atoms. The maximum absolute atomic E-state index is 12.1. The van der Waals surface area contributed by atoms with Crippen LogP contribution in [0.4, 0.5) is 0 Å². The molecule has 1 aromatic carbocycles. The van der Waals surface area contributed by atoms with E-state index in [4.69, 9.17) is 14.2 Å². The Morgan fingerprint density at radius 1 is 1.25 bits per heavy atom. The number of hydrogen-bond donors (Lipinski definition) is 0. The quantitative estimate of drug-likeness (QED) is 0.801. The Bertz CT molecular complexity index is 720. The zero-order valence-corrected chi connectivity index (χ0v) is 13.4. The van der Waals surface area contributed by atoms with Gasteiger partial charge in [0.25, 0.3) is 0 Å². The fourth-order valence-corrected chi connectivity index (χ4v) is 3.27. The second-order valence-electron chi connectivity index (χ2n) is 6.01. The highest BCUT2D eigenvalue weighted by atomic mass is 16.6. The molecule has 2 aromatic rings. The minimum absolute atomic E-state index is 0.181. The molecule has 0 radical (unpaired) electrons. The van der Waals surface area contributed by atoms with Gasteiger partial charge in [-0.25, -0.2) is 9.48 Å². The van der Waals surface area contributed by atoms with Gasteiger partial charge in [-0.3, -0.25) is 0 Å². The number of para-hydroxylation sites is 1. The van der Waals surface area contributed by atoms with Crippen LogP contribution in [0.15, 0.2) is 30.3 Å². The molecule has 1 fully saturated rings. The highest BCUT2D eigenvalue weighted by molar-refractivity contribution is 5.75. The van der Waals surface area contributed by atoms with Gasteiger partial charge in [0.05, 0.1) is 25.5 Å². The SMILES string of the molecule is O=C(OCc1nn(-c2ccccc2)c2c1CCC2)[C@H]1COCCO1. The van der Waals surface area contributed by atoms with Crippen molar-refractivity contribution in [1.82, 2.24) is 9.78 Å². The number of rotatable bonds is 4. The molecular weight excluding hydrogens is 308 g/mol. The highest BCUT2D eigenvalue weighted by Gasteiger charge is 2.27. The zero-order chi connectivity index (χ0) is 16.4. The van der Waals surface area contributed by atoms with E-state index in [0.29, 0.717) is 13.2 Å². The van der Waals surface area contributed by atoms with Crippen LogP contribution in [-0.2, 0) is 38.5 Å². The van der Waals surface area contributed by atoms with Gasteiger partial charge in [-0.05, 0) is 31.4 Å². The summed E-state index contributed by atoms with van der Waals surface area (Å²) in [6.45, 7) is 1.40. The average Bonchev–Trinajstić information content (AvgIpc) is 3.24. The fraction of sp³-hybridized carbons (Fsp3) is 0.444. The van der Waals surface area contributed by atoms with Crippen molar-refractivity contribution >= 4 is 5.97 Å². The van der Waals surface area contributed by atoms with E-state index in [0.717, 1.165) is 30.6 Å². The van der Waals surface area contributed by atoms with Crippen molar-refractivity contribution in [2.24, 2.45) is 0 Å². The molecular formula is C18H20N2O4. The molecule has 24 heavy (non-hydrogen) atoms. The number of benzene rings is 1. The third-order valence-electron chi connectivity index (χ3n) is 4.44. The van der Waals surface area contributed by atoms with E-state index in [9.17, 15) is 4.79 Å². The molecule has 2 heterocycles. The zero-order valence-electron chi connectivity index (χ0n) is 13.4. The molecule has 1 atom stereocenters. The molecule has 6 heteroatoms. The van der Waals surface area contributed by atoms with Crippen LogP contribution >= 0.6 is 0 Å². The van der Waals surface area contributed by atoms with E-state index in [-0.39, 0.29) is 19.2 Å². The Morgan fingerprint density at radius 2 is 2.12 bits per heavy atom. The summed E-state index contributed by atoms with van der Waals surface area (Å²) in [5.41, 5.74) is 4.32.